The molecule has 0 aliphatic rings. The lowest BCUT2D eigenvalue weighted by molar-refractivity contribution is -0.130. The van der Waals surface area contributed by atoms with Gasteiger partial charge in [0.1, 0.15) is 0 Å². The highest BCUT2D eigenvalue weighted by Gasteiger charge is 2.08. The molecule has 0 aliphatic carbocycles. The fourth-order valence-electron chi connectivity index (χ4n) is 0.966. The number of hydrogen-bond acceptors (Lipinski definition) is 2. The predicted molar refractivity (Wildman–Crippen MR) is 44.2 cm³/mol. The van der Waals surface area contributed by atoms with Crippen molar-refractivity contribution in [1.82, 2.24) is 4.90 Å². The van der Waals surface area contributed by atoms with Gasteiger partial charge >= 0.3 is 0 Å². The maximum Gasteiger partial charge on any atom is 0.219 e. The van der Waals surface area contributed by atoms with E-state index in [0.29, 0.717) is 6.54 Å². The number of carbonyl (C=O) groups excluding carboxylic acids is 1. The third-order valence-electron chi connectivity index (χ3n) is 1.42. The monoisotopic (exact) mass is 159 g/mol. The molecule has 0 bridgehead atoms. The molecular formula is C8H17NO2. The number of nitrogens with zero attached hydrogens (tertiary/aromatic N) is 1. The van der Waals surface area contributed by atoms with Crippen molar-refractivity contribution in [3.05, 3.63) is 0 Å². The quantitative estimate of drug-likeness (QED) is 0.653. The number of amides is 1. The summed E-state index contributed by atoms with van der Waals surface area (Å²) in [6, 6.07) is 0. The van der Waals surface area contributed by atoms with Crippen molar-refractivity contribution in [1.29, 1.82) is 0 Å². The van der Waals surface area contributed by atoms with E-state index in [1.165, 1.54) is 6.92 Å². The minimum atomic E-state index is -0.426. The Kier molecular flexibility index (Phi) is 4.86. The van der Waals surface area contributed by atoms with E-state index >= 15 is 0 Å². The van der Waals surface area contributed by atoms with Crippen LogP contribution >= 0.6 is 0 Å². The van der Waals surface area contributed by atoms with Crippen molar-refractivity contribution in [2.24, 2.45) is 0 Å². The second-order valence-corrected chi connectivity index (χ2v) is 2.81. The summed E-state index contributed by atoms with van der Waals surface area (Å²) in [4.78, 5) is 12.5. The smallest absolute Gasteiger partial charge is 0.219 e. The molecule has 0 fully saturated rings. The zero-order chi connectivity index (χ0) is 8.85. The summed E-state index contributed by atoms with van der Waals surface area (Å²) in [6.45, 7) is 6.41. The van der Waals surface area contributed by atoms with Gasteiger partial charge in [-0.15, -0.1) is 0 Å². The molecule has 0 aromatic rings. The minimum Gasteiger partial charge on any atom is -0.392 e. The van der Waals surface area contributed by atoms with Crippen molar-refractivity contribution in [3.63, 3.8) is 0 Å². The highest BCUT2D eigenvalue weighted by molar-refractivity contribution is 5.73. The van der Waals surface area contributed by atoms with Gasteiger partial charge in [0, 0.05) is 20.0 Å². The second kappa shape index (κ2) is 5.13. The van der Waals surface area contributed by atoms with Gasteiger partial charge < -0.3 is 10.0 Å². The lowest BCUT2D eigenvalue weighted by atomic mass is 10.3. The standard InChI is InChI=1S/C8H17NO2/c1-4-5-9(8(3)11)6-7(2)10/h7,10H,4-6H2,1-3H3. The van der Waals surface area contributed by atoms with Gasteiger partial charge in [0.15, 0.2) is 0 Å². The van der Waals surface area contributed by atoms with Crippen molar-refractivity contribution in [3.8, 4) is 0 Å². The Morgan fingerprint density at radius 2 is 2.18 bits per heavy atom. The van der Waals surface area contributed by atoms with E-state index in [1.54, 1.807) is 11.8 Å². The first kappa shape index (κ1) is 10.4. The Bertz CT molecular complexity index is 123. The molecule has 0 saturated heterocycles. The van der Waals surface area contributed by atoms with Gasteiger partial charge in [-0.1, -0.05) is 6.92 Å². The van der Waals surface area contributed by atoms with Crippen LogP contribution in [-0.2, 0) is 4.79 Å². The van der Waals surface area contributed by atoms with Crippen molar-refractivity contribution >= 4 is 5.91 Å². The fourth-order valence-corrected chi connectivity index (χ4v) is 0.966. The molecule has 11 heavy (non-hydrogen) atoms. The van der Waals surface area contributed by atoms with Crippen LogP contribution in [0.1, 0.15) is 27.2 Å². The summed E-state index contributed by atoms with van der Waals surface area (Å²) < 4.78 is 0. The molecule has 1 atom stereocenters. The number of hydrogen-bond donors (Lipinski definition) is 1. The van der Waals surface area contributed by atoms with E-state index in [0.717, 1.165) is 13.0 Å². The Morgan fingerprint density at radius 1 is 1.64 bits per heavy atom. The van der Waals surface area contributed by atoms with Gasteiger partial charge in [0.25, 0.3) is 0 Å². The molecule has 3 nitrogen and oxygen atoms in total. The number of carbonyl (C=O) groups is 1. The average Bonchev–Trinajstić information content (AvgIpc) is 1.86. The van der Waals surface area contributed by atoms with E-state index < -0.39 is 6.10 Å². The summed E-state index contributed by atoms with van der Waals surface area (Å²) in [7, 11) is 0. The number of aliphatic hydroxyl groups excluding tert-OH is 1. The van der Waals surface area contributed by atoms with Gasteiger partial charge in [-0.2, -0.15) is 0 Å². The molecule has 0 spiro atoms. The highest BCUT2D eigenvalue weighted by atomic mass is 16.3. The Labute approximate surface area is 68.0 Å². The molecule has 0 saturated carbocycles. The number of aliphatic hydroxyl groups is 1. The summed E-state index contributed by atoms with van der Waals surface area (Å²) in [6.07, 6.45) is 0.511. The zero-order valence-corrected chi connectivity index (χ0v) is 7.50. The highest BCUT2D eigenvalue weighted by Crippen LogP contribution is 1.94. The first-order chi connectivity index (χ1) is 5.07. The van der Waals surface area contributed by atoms with Gasteiger partial charge in [0.2, 0.25) is 5.91 Å². The largest absolute Gasteiger partial charge is 0.392 e. The van der Waals surface area contributed by atoms with E-state index in [1.807, 2.05) is 6.92 Å². The van der Waals surface area contributed by atoms with Crippen LogP contribution in [-0.4, -0.2) is 35.1 Å². The van der Waals surface area contributed by atoms with Crippen LogP contribution in [0.15, 0.2) is 0 Å². The van der Waals surface area contributed by atoms with E-state index in [9.17, 15) is 4.79 Å². The third kappa shape index (κ3) is 4.79. The summed E-state index contributed by atoms with van der Waals surface area (Å²) in [5.41, 5.74) is 0. The Balaban J connectivity index is 3.79. The predicted octanol–water partition coefficient (Wildman–Crippen LogP) is 0.626. The molecule has 66 valence electrons. The van der Waals surface area contributed by atoms with Gasteiger partial charge in [-0.3, -0.25) is 4.79 Å². The normalized spacial score (nSPS) is 12.7. The maximum atomic E-state index is 10.9. The number of rotatable bonds is 4. The van der Waals surface area contributed by atoms with Crippen LogP contribution < -0.4 is 0 Å². The Morgan fingerprint density at radius 3 is 2.45 bits per heavy atom. The van der Waals surface area contributed by atoms with Crippen molar-refractivity contribution < 1.29 is 9.90 Å². The molecule has 0 aromatic carbocycles. The van der Waals surface area contributed by atoms with Gasteiger partial charge in [0.05, 0.1) is 6.10 Å². The van der Waals surface area contributed by atoms with Crippen LogP contribution in [0.25, 0.3) is 0 Å². The lowest BCUT2D eigenvalue weighted by Gasteiger charge is -2.21. The lowest BCUT2D eigenvalue weighted by Crippen LogP contribution is -2.35. The molecule has 0 rings (SSSR count). The third-order valence-corrected chi connectivity index (χ3v) is 1.42. The van der Waals surface area contributed by atoms with Gasteiger partial charge in [-0.05, 0) is 13.3 Å². The van der Waals surface area contributed by atoms with Gasteiger partial charge in [-0.25, -0.2) is 0 Å². The second-order valence-electron chi connectivity index (χ2n) is 2.81. The molecule has 3 heteroatoms. The molecular weight excluding hydrogens is 142 g/mol. The van der Waals surface area contributed by atoms with E-state index in [4.69, 9.17) is 5.11 Å². The first-order valence-corrected chi connectivity index (χ1v) is 4.01. The van der Waals surface area contributed by atoms with Crippen LogP contribution in [0.4, 0.5) is 0 Å². The SMILES string of the molecule is CCCN(CC(C)O)C(C)=O. The fraction of sp³-hybridized carbons (Fsp3) is 0.875. The van der Waals surface area contributed by atoms with Crippen LogP contribution in [0.2, 0.25) is 0 Å². The molecule has 0 aromatic heterocycles. The van der Waals surface area contributed by atoms with E-state index in [-0.39, 0.29) is 5.91 Å². The molecule has 0 heterocycles. The topological polar surface area (TPSA) is 40.5 Å². The van der Waals surface area contributed by atoms with Crippen LogP contribution in [0.5, 0.6) is 0 Å². The Hall–Kier alpha value is -0.570. The molecule has 1 amide bonds. The zero-order valence-electron chi connectivity index (χ0n) is 7.50. The average molecular weight is 159 g/mol. The molecule has 1 unspecified atom stereocenters. The maximum absolute atomic E-state index is 10.9. The summed E-state index contributed by atoms with van der Waals surface area (Å²) in [5, 5.41) is 9.00. The summed E-state index contributed by atoms with van der Waals surface area (Å²) >= 11 is 0. The molecule has 0 aliphatic heterocycles. The van der Waals surface area contributed by atoms with Crippen molar-refractivity contribution in [2.45, 2.75) is 33.3 Å². The summed E-state index contributed by atoms with van der Waals surface area (Å²) in [5.74, 6) is 0.0350. The van der Waals surface area contributed by atoms with Crippen LogP contribution in [0.3, 0.4) is 0 Å². The van der Waals surface area contributed by atoms with E-state index in [2.05, 4.69) is 0 Å². The van der Waals surface area contributed by atoms with Crippen LogP contribution in [0, 0.1) is 0 Å². The molecule has 1 N–H and O–H groups in total. The first-order valence-electron chi connectivity index (χ1n) is 4.01. The minimum absolute atomic E-state index is 0.0350. The van der Waals surface area contributed by atoms with Crippen molar-refractivity contribution in [2.75, 3.05) is 13.1 Å². The molecule has 0 radical (unpaired) electrons.